The molecule has 1 aliphatic rings. The first-order chi connectivity index (χ1) is 14.0. The predicted octanol–water partition coefficient (Wildman–Crippen LogP) is 3.47. The lowest BCUT2D eigenvalue weighted by atomic mass is 9.74. The van der Waals surface area contributed by atoms with Crippen molar-refractivity contribution in [3.8, 4) is 17.2 Å². The van der Waals surface area contributed by atoms with Gasteiger partial charge in [-0.1, -0.05) is 13.3 Å². The molecule has 2 aromatic carbocycles. The monoisotopic (exact) mass is 399 g/mol. The largest absolute Gasteiger partial charge is 0.497 e. The first kappa shape index (κ1) is 21.1. The Labute approximate surface area is 171 Å². The first-order valence-corrected chi connectivity index (χ1v) is 10.0. The molecule has 6 nitrogen and oxygen atoms in total. The van der Waals surface area contributed by atoms with Gasteiger partial charge < -0.3 is 24.6 Å². The van der Waals surface area contributed by atoms with Crippen molar-refractivity contribution in [1.82, 2.24) is 4.90 Å². The number of nitrogens with zero attached hydrogens (tertiary/aromatic N) is 1. The lowest BCUT2D eigenvalue weighted by Crippen LogP contribution is -2.55. The Bertz CT molecular complexity index is 805. The van der Waals surface area contributed by atoms with Crippen LogP contribution in [0.2, 0.25) is 0 Å². The topological polar surface area (TPSA) is 79.2 Å². The summed E-state index contributed by atoms with van der Waals surface area (Å²) in [6.07, 6.45) is 1.42. The van der Waals surface area contributed by atoms with Crippen molar-refractivity contribution in [2.24, 2.45) is 5.41 Å². The Morgan fingerprint density at radius 2 is 1.69 bits per heavy atom. The second-order valence-electron chi connectivity index (χ2n) is 7.60. The highest BCUT2D eigenvalue weighted by Gasteiger charge is 2.43. The van der Waals surface area contributed by atoms with E-state index in [0.29, 0.717) is 43.0 Å². The third kappa shape index (κ3) is 4.71. The molecule has 0 saturated carbocycles. The number of aliphatic hydroxyl groups excluding tert-OH is 2. The van der Waals surface area contributed by atoms with Crippen molar-refractivity contribution in [3.05, 3.63) is 54.1 Å². The molecular formula is C23H29NO5. The number of carbonyl (C=O) groups excluding carboxylic acids is 1. The maximum absolute atomic E-state index is 13.0. The minimum atomic E-state index is -0.639. The highest BCUT2D eigenvalue weighted by atomic mass is 16.5. The van der Waals surface area contributed by atoms with E-state index < -0.39 is 11.5 Å². The smallest absolute Gasteiger partial charge is 0.253 e. The van der Waals surface area contributed by atoms with E-state index in [0.717, 1.165) is 12.2 Å². The maximum Gasteiger partial charge on any atom is 0.253 e. The van der Waals surface area contributed by atoms with E-state index in [1.54, 1.807) is 36.3 Å². The van der Waals surface area contributed by atoms with Gasteiger partial charge in [-0.2, -0.15) is 0 Å². The molecule has 29 heavy (non-hydrogen) atoms. The Hall–Kier alpha value is -2.57. The van der Waals surface area contributed by atoms with E-state index in [-0.39, 0.29) is 12.5 Å². The molecule has 1 fully saturated rings. The third-order valence-corrected chi connectivity index (χ3v) is 5.63. The van der Waals surface area contributed by atoms with Crippen molar-refractivity contribution in [3.63, 3.8) is 0 Å². The molecule has 0 radical (unpaired) electrons. The van der Waals surface area contributed by atoms with Crippen molar-refractivity contribution >= 4 is 5.91 Å². The molecule has 1 heterocycles. The average Bonchev–Trinajstić information content (AvgIpc) is 2.76. The minimum absolute atomic E-state index is 0.0955. The van der Waals surface area contributed by atoms with Gasteiger partial charge >= 0.3 is 0 Å². The number of methoxy groups -OCH3 is 1. The van der Waals surface area contributed by atoms with E-state index in [1.165, 1.54) is 0 Å². The zero-order valence-electron chi connectivity index (χ0n) is 17.0. The van der Waals surface area contributed by atoms with Gasteiger partial charge in [-0.15, -0.1) is 0 Å². The van der Waals surface area contributed by atoms with E-state index >= 15 is 0 Å². The average molecular weight is 399 g/mol. The highest BCUT2D eigenvalue weighted by Crippen LogP contribution is 2.35. The quantitative estimate of drug-likeness (QED) is 0.745. The molecule has 1 aliphatic heterocycles. The molecule has 2 atom stereocenters. The van der Waals surface area contributed by atoms with Crippen LogP contribution < -0.4 is 9.47 Å². The lowest BCUT2D eigenvalue weighted by molar-refractivity contribution is -0.0720. The fraction of sp³-hybridized carbons (Fsp3) is 0.435. The fourth-order valence-corrected chi connectivity index (χ4v) is 3.93. The van der Waals surface area contributed by atoms with Gasteiger partial charge in [-0.3, -0.25) is 4.79 Å². The summed E-state index contributed by atoms with van der Waals surface area (Å²) in [7, 11) is 1.61. The summed E-state index contributed by atoms with van der Waals surface area (Å²) >= 11 is 0. The summed E-state index contributed by atoms with van der Waals surface area (Å²) in [4.78, 5) is 14.7. The summed E-state index contributed by atoms with van der Waals surface area (Å²) in [5.41, 5.74) is -0.0770. The van der Waals surface area contributed by atoms with Crippen LogP contribution in [0.5, 0.6) is 17.2 Å². The number of hydrogen-bond acceptors (Lipinski definition) is 5. The van der Waals surface area contributed by atoms with Gasteiger partial charge in [0, 0.05) is 24.1 Å². The van der Waals surface area contributed by atoms with Crippen molar-refractivity contribution in [1.29, 1.82) is 0 Å². The summed E-state index contributed by atoms with van der Waals surface area (Å²) in [5, 5.41) is 20.3. The van der Waals surface area contributed by atoms with Gasteiger partial charge in [0.1, 0.15) is 17.2 Å². The molecule has 0 aromatic heterocycles. The Morgan fingerprint density at radius 1 is 1.10 bits per heavy atom. The molecule has 3 rings (SSSR count). The molecule has 1 amide bonds. The van der Waals surface area contributed by atoms with Crippen LogP contribution in [0.1, 0.15) is 36.5 Å². The molecule has 2 aromatic rings. The van der Waals surface area contributed by atoms with Gasteiger partial charge in [-0.05, 0) is 61.4 Å². The number of likely N-dealkylation sites (tertiary alicyclic amines) is 1. The fourth-order valence-electron chi connectivity index (χ4n) is 3.93. The summed E-state index contributed by atoms with van der Waals surface area (Å²) < 4.78 is 10.9. The van der Waals surface area contributed by atoms with Crippen LogP contribution in [0, 0.1) is 5.41 Å². The third-order valence-electron chi connectivity index (χ3n) is 5.63. The van der Waals surface area contributed by atoms with Crippen LogP contribution in [0.25, 0.3) is 0 Å². The van der Waals surface area contributed by atoms with E-state index in [1.807, 2.05) is 31.2 Å². The molecular weight excluding hydrogens is 370 g/mol. The molecule has 0 bridgehead atoms. The number of rotatable bonds is 7. The highest BCUT2D eigenvalue weighted by molar-refractivity contribution is 5.94. The Kier molecular flexibility index (Phi) is 6.77. The van der Waals surface area contributed by atoms with Crippen molar-refractivity contribution in [2.45, 2.75) is 32.3 Å². The molecule has 2 N–H and O–H groups in total. The molecule has 0 spiro atoms. The molecule has 6 heteroatoms. The van der Waals surface area contributed by atoms with Gasteiger partial charge in [0.05, 0.1) is 19.8 Å². The van der Waals surface area contributed by atoms with Crippen LogP contribution in [0.4, 0.5) is 0 Å². The van der Waals surface area contributed by atoms with E-state index in [2.05, 4.69) is 0 Å². The normalized spacial score (nSPS) is 21.7. The second-order valence-corrected chi connectivity index (χ2v) is 7.60. The molecule has 0 unspecified atom stereocenters. The maximum atomic E-state index is 13.0. The molecule has 156 valence electrons. The summed E-state index contributed by atoms with van der Waals surface area (Å²) in [6.45, 7) is 2.74. The minimum Gasteiger partial charge on any atom is -0.497 e. The zero-order valence-corrected chi connectivity index (χ0v) is 17.0. The number of hydrogen-bond donors (Lipinski definition) is 2. The number of amides is 1. The number of piperidine rings is 1. The number of aliphatic hydroxyl groups is 2. The van der Waals surface area contributed by atoms with E-state index in [9.17, 15) is 15.0 Å². The number of benzene rings is 2. The molecule has 0 aliphatic carbocycles. The van der Waals surface area contributed by atoms with Crippen molar-refractivity contribution < 1.29 is 24.5 Å². The predicted molar refractivity (Wildman–Crippen MR) is 110 cm³/mol. The van der Waals surface area contributed by atoms with Gasteiger partial charge in [-0.25, -0.2) is 0 Å². The van der Waals surface area contributed by atoms with Crippen molar-refractivity contribution in [2.75, 3.05) is 26.8 Å². The Balaban J connectivity index is 1.68. The van der Waals surface area contributed by atoms with Gasteiger partial charge in [0.2, 0.25) is 0 Å². The van der Waals surface area contributed by atoms with Gasteiger partial charge in [0.25, 0.3) is 5.91 Å². The SMILES string of the molecule is CCC[C@@]1(CO)CN(C(=O)c2ccc(Oc3ccc(OC)cc3)cc2)CC[C@@H]1O. The van der Waals surface area contributed by atoms with Gasteiger partial charge in [0.15, 0.2) is 0 Å². The van der Waals surface area contributed by atoms with Crippen LogP contribution in [-0.2, 0) is 0 Å². The standard InChI is InChI=1S/C23H29NO5/c1-3-13-23(16-25)15-24(14-12-21(23)26)22(27)17-4-6-19(7-5-17)29-20-10-8-18(28-2)9-11-20/h4-11,21,25-26H,3,12-16H2,1-2H3/t21-,23-/m0/s1. The number of carbonyl (C=O) groups is 1. The lowest BCUT2D eigenvalue weighted by Gasteiger charge is -2.45. The van der Waals surface area contributed by atoms with Crippen LogP contribution in [0.15, 0.2) is 48.5 Å². The Morgan fingerprint density at radius 3 is 2.24 bits per heavy atom. The number of ether oxygens (including phenoxy) is 2. The second kappa shape index (κ2) is 9.29. The first-order valence-electron chi connectivity index (χ1n) is 10.0. The molecule has 1 saturated heterocycles. The summed E-state index contributed by atoms with van der Waals surface area (Å²) in [6, 6.07) is 14.3. The van der Waals surface area contributed by atoms with E-state index in [4.69, 9.17) is 9.47 Å². The van der Waals surface area contributed by atoms with Crippen LogP contribution in [0.3, 0.4) is 0 Å². The summed E-state index contributed by atoms with van der Waals surface area (Å²) in [5.74, 6) is 1.98. The zero-order chi connectivity index (χ0) is 20.9. The van der Waals surface area contributed by atoms with Crippen LogP contribution in [-0.4, -0.2) is 53.9 Å². The van der Waals surface area contributed by atoms with Crippen LogP contribution >= 0.6 is 0 Å².